The smallest absolute Gasteiger partial charge is 0.296 e. The zero-order valence-corrected chi connectivity index (χ0v) is 7.86. The Kier molecular flexibility index (Phi) is 3.20. The molecule has 0 radical (unpaired) electrons. The van der Waals surface area contributed by atoms with E-state index >= 15 is 0 Å². The average molecular weight is 174 g/mol. The van der Waals surface area contributed by atoms with Gasteiger partial charge in [-0.1, -0.05) is 0 Å². The molecule has 0 unspecified atom stereocenters. The van der Waals surface area contributed by atoms with Gasteiger partial charge in [0.2, 0.25) is 0 Å². The van der Waals surface area contributed by atoms with Crippen LogP contribution in [-0.2, 0) is 0 Å². The Morgan fingerprint density at radius 1 is 1.36 bits per heavy atom. The number of hydrogen-bond acceptors (Lipinski definition) is 3. The molecule has 64 valence electrons. The summed E-state index contributed by atoms with van der Waals surface area (Å²) in [4.78, 5) is 12.8. The van der Waals surface area contributed by atoms with E-state index in [-0.39, 0.29) is 5.24 Å². The number of carbonyl (C=O) groups excluding carboxylic acids is 1. The minimum Gasteiger partial charge on any atom is -0.339 e. The van der Waals surface area contributed by atoms with Crippen molar-refractivity contribution in [2.75, 3.05) is 27.2 Å². The van der Waals surface area contributed by atoms with Crippen LogP contribution in [0.5, 0.6) is 0 Å². The topological polar surface area (TPSA) is 23.6 Å². The third kappa shape index (κ3) is 2.71. The number of carbonyl (C=O) groups is 1. The Labute approximate surface area is 71.9 Å². The van der Waals surface area contributed by atoms with Gasteiger partial charge in [0.05, 0.1) is 0 Å². The molecule has 0 aromatic carbocycles. The summed E-state index contributed by atoms with van der Waals surface area (Å²) in [5.41, 5.74) is 0. The molecule has 1 saturated heterocycles. The Balaban J connectivity index is 2.24. The van der Waals surface area contributed by atoms with Gasteiger partial charge in [-0.05, 0) is 12.8 Å². The van der Waals surface area contributed by atoms with Gasteiger partial charge in [-0.3, -0.25) is 4.79 Å². The Morgan fingerprint density at radius 2 is 1.91 bits per heavy atom. The van der Waals surface area contributed by atoms with E-state index in [4.69, 9.17) is 0 Å². The Bertz CT molecular complexity index is 143. The second-order valence-electron chi connectivity index (χ2n) is 2.89. The molecule has 1 rings (SSSR count). The summed E-state index contributed by atoms with van der Waals surface area (Å²) in [6.07, 6.45) is 2.46. The highest BCUT2D eigenvalue weighted by Gasteiger charge is 2.16. The molecule has 0 N–H and O–H groups in total. The first-order valence-corrected chi connectivity index (χ1v) is 4.61. The molecule has 0 aromatic heterocycles. The van der Waals surface area contributed by atoms with E-state index in [0.29, 0.717) is 0 Å². The fraction of sp³-hybridized carbons (Fsp3) is 0.857. The van der Waals surface area contributed by atoms with Crippen LogP contribution < -0.4 is 0 Å². The summed E-state index contributed by atoms with van der Waals surface area (Å²) in [5.74, 6) is 0. The fourth-order valence-corrected chi connectivity index (χ4v) is 1.80. The van der Waals surface area contributed by atoms with Crippen LogP contribution in [-0.4, -0.2) is 41.6 Å². The van der Waals surface area contributed by atoms with Crippen molar-refractivity contribution in [1.29, 1.82) is 0 Å². The summed E-state index contributed by atoms with van der Waals surface area (Å²) < 4.78 is 2.13. The highest BCUT2D eigenvalue weighted by atomic mass is 32.2. The molecule has 0 saturated carbocycles. The van der Waals surface area contributed by atoms with Crippen LogP contribution in [0.4, 0.5) is 4.79 Å². The third-order valence-electron chi connectivity index (χ3n) is 1.64. The van der Waals surface area contributed by atoms with E-state index in [1.54, 1.807) is 19.0 Å². The van der Waals surface area contributed by atoms with Gasteiger partial charge >= 0.3 is 0 Å². The van der Waals surface area contributed by atoms with Gasteiger partial charge in [-0.2, -0.15) is 0 Å². The van der Waals surface area contributed by atoms with Crippen molar-refractivity contribution in [1.82, 2.24) is 9.21 Å². The molecule has 1 amide bonds. The number of hydrogen-bond donors (Lipinski definition) is 0. The van der Waals surface area contributed by atoms with Gasteiger partial charge < -0.3 is 4.90 Å². The number of nitrogens with zero attached hydrogens (tertiary/aromatic N) is 2. The summed E-state index contributed by atoms with van der Waals surface area (Å²) in [6.45, 7) is 2.12. The first kappa shape index (κ1) is 8.87. The Hall–Kier alpha value is -0.220. The van der Waals surface area contributed by atoms with E-state index in [9.17, 15) is 4.79 Å². The maximum atomic E-state index is 11.1. The Morgan fingerprint density at radius 3 is 2.36 bits per heavy atom. The third-order valence-corrected chi connectivity index (χ3v) is 2.78. The van der Waals surface area contributed by atoms with Crippen molar-refractivity contribution in [3.05, 3.63) is 0 Å². The molecule has 1 aliphatic heterocycles. The zero-order chi connectivity index (χ0) is 8.27. The molecular weight excluding hydrogens is 160 g/mol. The van der Waals surface area contributed by atoms with Gasteiger partial charge in [0, 0.05) is 39.1 Å². The monoisotopic (exact) mass is 174 g/mol. The largest absolute Gasteiger partial charge is 0.339 e. The normalized spacial score (nSPS) is 18.7. The predicted octanol–water partition coefficient (Wildman–Crippen LogP) is 1.41. The van der Waals surface area contributed by atoms with E-state index in [0.717, 1.165) is 13.1 Å². The fourth-order valence-electron chi connectivity index (χ4n) is 0.971. The van der Waals surface area contributed by atoms with Crippen LogP contribution in [0.2, 0.25) is 0 Å². The van der Waals surface area contributed by atoms with E-state index in [1.807, 2.05) is 0 Å². The molecule has 0 aromatic rings. The van der Waals surface area contributed by atoms with E-state index < -0.39 is 0 Å². The zero-order valence-electron chi connectivity index (χ0n) is 7.04. The van der Waals surface area contributed by atoms with Crippen molar-refractivity contribution in [2.45, 2.75) is 12.8 Å². The summed E-state index contributed by atoms with van der Waals surface area (Å²) in [6, 6.07) is 0. The van der Waals surface area contributed by atoms with Crippen LogP contribution in [0.25, 0.3) is 0 Å². The molecule has 0 bridgehead atoms. The molecular formula is C7H14N2OS. The van der Waals surface area contributed by atoms with Gasteiger partial charge in [0.25, 0.3) is 5.24 Å². The standard InChI is InChI=1S/C7H14N2OS/c1-8(2)7(10)11-9-5-3-4-6-9/h3-6H2,1-2H3. The molecule has 1 fully saturated rings. The molecule has 4 heteroatoms. The molecule has 3 nitrogen and oxygen atoms in total. The van der Waals surface area contributed by atoms with Crippen molar-refractivity contribution >= 4 is 17.2 Å². The second-order valence-corrected chi connectivity index (χ2v) is 3.94. The highest BCUT2D eigenvalue weighted by molar-refractivity contribution is 8.11. The molecule has 11 heavy (non-hydrogen) atoms. The maximum Gasteiger partial charge on any atom is 0.296 e. The van der Waals surface area contributed by atoms with Crippen molar-refractivity contribution in [3.8, 4) is 0 Å². The van der Waals surface area contributed by atoms with Gasteiger partial charge in [-0.25, -0.2) is 4.31 Å². The van der Waals surface area contributed by atoms with Crippen LogP contribution >= 0.6 is 11.9 Å². The van der Waals surface area contributed by atoms with Gasteiger partial charge in [0.1, 0.15) is 0 Å². The number of rotatable bonds is 1. The highest BCUT2D eigenvalue weighted by Crippen LogP contribution is 2.19. The minimum absolute atomic E-state index is 0.131. The minimum atomic E-state index is 0.131. The van der Waals surface area contributed by atoms with Crippen molar-refractivity contribution < 1.29 is 4.79 Å². The van der Waals surface area contributed by atoms with Crippen LogP contribution in [0.1, 0.15) is 12.8 Å². The molecule has 1 heterocycles. The first-order chi connectivity index (χ1) is 5.20. The lowest BCUT2D eigenvalue weighted by atomic mass is 10.4. The van der Waals surface area contributed by atoms with Crippen LogP contribution in [0, 0.1) is 0 Å². The molecule has 0 aliphatic carbocycles. The first-order valence-electron chi connectivity index (χ1n) is 3.84. The predicted molar refractivity (Wildman–Crippen MR) is 47.5 cm³/mol. The SMILES string of the molecule is CN(C)C(=O)SN1CCCC1. The lowest BCUT2D eigenvalue weighted by Gasteiger charge is -2.15. The van der Waals surface area contributed by atoms with Crippen molar-refractivity contribution in [3.63, 3.8) is 0 Å². The van der Waals surface area contributed by atoms with Gasteiger partial charge in [-0.15, -0.1) is 0 Å². The molecule has 1 aliphatic rings. The lowest BCUT2D eigenvalue weighted by molar-refractivity contribution is 0.240. The maximum absolute atomic E-state index is 11.1. The van der Waals surface area contributed by atoms with Gasteiger partial charge in [0.15, 0.2) is 0 Å². The average Bonchev–Trinajstić information content (AvgIpc) is 2.39. The second kappa shape index (κ2) is 3.97. The quantitative estimate of drug-likeness (QED) is 0.562. The van der Waals surface area contributed by atoms with E-state index in [2.05, 4.69) is 4.31 Å². The van der Waals surface area contributed by atoms with Crippen LogP contribution in [0.3, 0.4) is 0 Å². The summed E-state index contributed by atoms with van der Waals surface area (Å²) >= 11 is 1.34. The lowest BCUT2D eigenvalue weighted by Crippen LogP contribution is -2.22. The number of amides is 1. The van der Waals surface area contributed by atoms with Crippen LogP contribution in [0.15, 0.2) is 0 Å². The molecule has 0 spiro atoms. The molecule has 0 atom stereocenters. The summed E-state index contributed by atoms with van der Waals surface area (Å²) in [7, 11) is 3.57. The summed E-state index contributed by atoms with van der Waals surface area (Å²) in [5, 5.41) is 0.131. The van der Waals surface area contributed by atoms with E-state index in [1.165, 1.54) is 24.8 Å². The van der Waals surface area contributed by atoms with Crippen molar-refractivity contribution in [2.24, 2.45) is 0 Å².